The number of ether oxygens (including phenoxy) is 1. The second-order valence-electron chi connectivity index (χ2n) is 4.45. The van der Waals surface area contributed by atoms with Crippen LogP contribution in [0.15, 0.2) is 18.2 Å². The van der Waals surface area contributed by atoms with E-state index in [1.54, 1.807) is 19.1 Å². The molecule has 0 saturated heterocycles. The molecule has 0 saturated carbocycles. The highest BCUT2D eigenvalue weighted by Gasteiger charge is 2.11. The van der Waals surface area contributed by atoms with Crippen molar-refractivity contribution in [2.24, 2.45) is 5.73 Å². The van der Waals surface area contributed by atoms with Crippen molar-refractivity contribution in [1.29, 1.82) is 0 Å². The number of hydrogen-bond acceptors (Lipinski definition) is 3. The maximum Gasteiger partial charge on any atom is 0.387 e. The quantitative estimate of drug-likeness (QED) is 0.848. The molecule has 20 heavy (non-hydrogen) atoms. The average Bonchev–Trinajstić information content (AvgIpc) is 2.28. The fourth-order valence-corrected chi connectivity index (χ4v) is 1.62. The van der Waals surface area contributed by atoms with Crippen molar-refractivity contribution >= 4 is 18.3 Å². The van der Waals surface area contributed by atoms with E-state index in [9.17, 15) is 13.6 Å². The van der Waals surface area contributed by atoms with Gasteiger partial charge in [-0.05, 0) is 19.9 Å². The first-order valence-corrected chi connectivity index (χ1v) is 5.95. The number of benzene rings is 1. The smallest absolute Gasteiger partial charge is 0.387 e. The Morgan fingerprint density at radius 2 is 2.10 bits per heavy atom. The van der Waals surface area contributed by atoms with Crippen LogP contribution in [0, 0.1) is 6.92 Å². The van der Waals surface area contributed by atoms with Crippen LogP contribution in [0.2, 0.25) is 0 Å². The number of aryl methyl sites for hydroxylation is 1. The molecular formula is C13H19ClF2N2O2. The Balaban J connectivity index is 0.00000361. The van der Waals surface area contributed by atoms with E-state index in [0.717, 1.165) is 5.56 Å². The number of alkyl halides is 2. The molecule has 0 radical (unpaired) electrons. The predicted octanol–water partition coefficient (Wildman–Crippen LogP) is 2.37. The summed E-state index contributed by atoms with van der Waals surface area (Å²) in [5.41, 5.74) is 6.91. The Morgan fingerprint density at radius 1 is 1.45 bits per heavy atom. The van der Waals surface area contributed by atoms with Gasteiger partial charge in [-0.3, -0.25) is 4.79 Å². The van der Waals surface area contributed by atoms with Gasteiger partial charge in [0.2, 0.25) is 5.91 Å². The van der Waals surface area contributed by atoms with Crippen LogP contribution in [0.3, 0.4) is 0 Å². The molecule has 1 atom stereocenters. The van der Waals surface area contributed by atoms with Crippen LogP contribution >= 0.6 is 12.4 Å². The molecule has 0 bridgehead atoms. The number of rotatable bonds is 6. The molecule has 1 amide bonds. The second-order valence-corrected chi connectivity index (χ2v) is 4.45. The molecule has 1 aromatic rings. The Bertz CT molecular complexity index is 442. The van der Waals surface area contributed by atoms with Gasteiger partial charge < -0.3 is 15.8 Å². The summed E-state index contributed by atoms with van der Waals surface area (Å²) in [5, 5.41) is 2.63. The van der Waals surface area contributed by atoms with E-state index < -0.39 is 6.61 Å². The molecule has 0 fully saturated rings. The topological polar surface area (TPSA) is 64.3 Å². The Labute approximate surface area is 123 Å². The Kier molecular flexibility index (Phi) is 8.10. The maximum atomic E-state index is 12.2. The SMILES string of the molecule is Cc1ccc(OC(F)F)c(CNC(=O)CC(C)N)c1.Cl. The molecule has 1 unspecified atom stereocenters. The van der Waals surface area contributed by atoms with E-state index in [2.05, 4.69) is 10.1 Å². The molecule has 1 rings (SSSR count). The van der Waals surface area contributed by atoms with Gasteiger partial charge in [-0.1, -0.05) is 17.7 Å². The largest absolute Gasteiger partial charge is 0.434 e. The number of carbonyl (C=O) groups excluding carboxylic acids is 1. The van der Waals surface area contributed by atoms with Crippen molar-refractivity contribution in [3.05, 3.63) is 29.3 Å². The number of amides is 1. The van der Waals surface area contributed by atoms with Crippen molar-refractivity contribution in [3.63, 3.8) is 0 Å². The summed E-state index contributed by atoms with van der Waals surface area (Å²) in [6.45, 7) is 0.799. The molecule has 0 aliphatic heterocycles. The molecule has 4 nitrogen and oxygen atoms in total. The molecular weight excluding hydrogens is 290 g/mol. The van der Waals surface area contributed by atoms with Crippen LogP contribution in [-0.4, -0.2) is 18.6 Å². The lowest BCUT2D eigenvalue weighted by atomic mass is 10.1. The standard InChI is InChI=1S/C13H18F2N2O2.ClH/c1-8-3-4-11(19-13(14)15)10(5-8)7-17-12(18)6-9(2)16;/h3-5,9,13H,6-7,16H2,1-2H3,(H,17,18);1H. The monoisotopic (exact) mass is 308 g/mol. The minimum atomic E-state index is -2.89. The summed E-state index contributed by atoms with van der Waals surface area (Å²) in [7, 11) is 0. The minimum absolute atomic E-state index is 0. The zero-order valence-electron chi connectivity index (χ0n) is 11.4. The van der Waals surface area contributed by atoms with Gasteiger partial charge in [0.05, 0.1) is 0 Å². The summed E-state index contributed by atoms with van der Waals surface area (Å²) in [5.74, 6) is -0.152. The first kappa shape index (κ1) is 18.6. The van der Waals surface area contributed by atoms with Gasteiger partial charge in [-0.2, -0.15) is 8.78 Å². The summed E-state index contributed by atoms with van der Waals surface area (Å²) >= 11 is 0. The van der Waals surface area contributed by atoms with Crippen molar-refractivity contribution in [1.82, 2.24) is 5.32 Å². The van der Waals surface area contributed by atoms with E-state index in [0.29, 0.717) is 5.56 Å². The van der Waals surface area contributed by atoms with Gasteiger partial charge in [-0.15, -0.1) is 12.4 Å². The summed E-state index contributed by atoms with van der Waals surface area (Å²) < 4.78 is 28.9. The number of nitrogens with one attached hydrogen (secondary N) is 1. The van der Waals surface area contributed by atoms with Gasteiger partial charge in [-0.25, -0.2) is 0 Å². The lowest BCUT2D eigenvalue weighted by Gasteiger charge is -2.13. The highest BCUT2D eigenvalue weighted by atomic mass is 35.5. The molecule has 0 spiro atoms. The lowest BCUT2D eigenvalue weighted by molar-refractivity contribution is -0.121. The maximum absolute atomic E-state index is 12.2. The summed E-state index contributed by atoms with van der Waals surface area (Å²) in [4.78, 5) is 11.5. The third-order valence-corrected chi connectivity index (χ3v) is 2.42. The number of carbonyl (C=O) groups is 1. The molecule has 7 heteroatoms. The molecule has 0 aliphatic rings. The van der Waals surface area contributed by atoms with Crippen LogP contribution in [0.4, 0.5) is 8.78 Å². The first-order valence-electron chi connectivity index (χ1n) is 5.95. The van der Waals surface area contributed by atoms with Crippen LogP contribution in [0.25, 0.3) is 0 Å². The summed E-state index contributed by atoms with van der Waals surface area (Å²) in [6.07, 6.45) is 0.191. The van der Waals surface area contributed by atoms with E-state index in [-0.39, 0.29) is 43.1 Å². The number of halogens is 3. The highest BCUT2D eigenvalue weighted by molar-refractivity contribution is 5.85. The van der Waals surface area contributed by atoms with Gasteiger partial charge in [0.1, 0.15) is 5.75 Å². The number of nitrogens with two attached hydrogens (primary N) is 1. The molecule has 0 aliphatic carbocycles. The molecule has 0 heterocycles. The molecule has 3 N–H and O–H groups in total. The van der Waals surface area contributed by atoms with E-state index in [4.69, 9.17) is 5.73 Å². The van der Waals surface area contributed by atoms with Gasteiger partial charge >= 0.3 is 6.61 Å². The van der Waals surface area contributed by atoms with Gasteiger partial charge in [0.15, 0.2) is 0 Å². The summed E-state index contributed by atoms with van der Waals surface area (Å²) in [6, 6.07) is 4.60. The van der Waals surface area contributed by atoms with Gasteiger partial charge in [0, 0.05) is 24.6 Å². The van der Waals surface area contributed by atoms with Crippen molar-refractivity contribution < 1.29 is 18.3 Å². The van der Waals surface area contributed by atoms with E-state index in [1.165, 1.54) is 6.07 Å². The molecule has 1 aromatic carbocycles. The first-order chi connectivity index (χ1) is 8.88. The predicted molar refractivity (Wildman–Crippen MR) is 75.2 cm³/mol. The Morgan fingerprint density at radius 3 is 2.65 bits per heavy atom. The Hall–Kier alpha value is -1.40. The van der Waals surface area contributed by atoms with Crippen LogP contribution in [-0.2, 0) is 11.3 Å². The van der Waals surface area contributed by atoms with E-state index >= 15 is 0 Å². The minimum Gasteiger partial charge on any atom is -0.434 e. The highest BCUT2D eigenvalue weighted by Crippen LogP contribution is 2.21. The van der Waals surface area contributed by atoms with Crippen LogP contribution in [0.1, 0.15) is 24.5 Å². The van der Waals surface area contributed by atoms with Crippen molar-refractivity contribution in [2.75, 3.05) is 0 Å². The zero-order chi connectivity index (χ0) is 14.4. The third-order valence-electron chi connectivity index (χ3n) is 2.42. The van der Waals surface area contributed by atoms with Crippen molar-refractivity contribution in [2.45, 2.75) is 39.5 Å². The fraction of sp³-hybridized carbons (Fsp3) is 0.462. The molecule has 114 valence electrons. The van der Waals surface area contributed by atoms with E-state index in [1.807, 2.05) is 6.92 Å². The molecule has 0 aromatic heterocycles. The third kappa shape index (κ3) is 6.68. The lowest BCUT2D eigenvalue weighted by Crippen LogP contribution is -2.29. The van der Waals surface area contributed by atoms with Crippen molar-refractivity contribution in [3.8, 4) is 5.75 Å². The zero-order valence-corrected chi connectivity index (χ0v) is 12.2. The normalized spacial score (nSPS) is 11.7. The van der Waals surface area contributed by atoms with Crippen LogP contribution in [0.5, 0.6) is 5.75 Å². The fourth-order valence-electron chi connectivity index (χ4n) is 1.62. The van der Waals surface area contributed by atoms with Crippen LogP contribution < -0.4 is 15.8 Å². The number of hydrogen-bond donors (Lipinski definition) is 2. The van der Waals surface area contributed by atoms with Gasteiger partial charge in [0.25, 0.3) is 0 Å². The average molecular weight is 309 g/mol. The second kappa shape index (κ2) is 8.71.